The number of hydrogen-bond acceptors (Lipinski definition) is 3. The van der Waals surface area contributed by atoms with E-state index < -0.39 is 0 Å². The molecule has 1 saturated carbocycles. The predicted octanol–water partition coefficient (Wildman–Crippen LogP) is 4.36. The Morgan fingerprint density at radius 2 is 1.81 bits per heavy atom. The van der Waals surface area contributed by atoms with Gasteiger partial charge >= 0.3 is 0 Å². The molecule has 0 amide bonds. The summed E-state index contributed by atoms with van der Waals surface area (Å²) in [6.07, 6.45) is 9.10. The van der Waals surface area contributed by atoms with Gasteiger partial charge in [0.05, 0.1) is 12.3 Å². The molecule has 1 spiro atoms. The van der Waals surface area contributed by atoms with Gasteiger partial charge in [0, 0.05) is 28.8 Å². The fraction of sp³-hybridized carbons (Fsp3) is 0.435. The standard InChI is InChI=1S/C23H27N3O/c1-26(2)22(17-6-4-3-5-7-17)10-12-23(13-11-22)21-18(9-15-27-23)19-16-24-14-8-20(19)25-21/h3-8,14,16,25H,9-13,15H2,1-2H3. The molecule has 0 radical (unpaired) electrons. The highest BCUT2D eigenvalue weighted by Crippen LogP contribution is 2.52. The van der Waals surface area contributed by atoms with E-state index in [4.69, 9.17) is 4.74 Å². The first-order valence-electron chi connectivity index (χ1n) is 9.97. The number of H-pyrrole nitrogens is 1. The second-order valence-electron chi connectivity index (χ2n) is 8.28. The number of benzene rings is 1. The third-order valence-corrected chi connectivity index (χ3v) is 6.95. The maximum Gasteiger partial charge on any atom is 0.108 e. The number of aromatic nitrogens is 2. The zero-order valence-corrected chi connectivity index (χ0v) is 16.2. The largest absolute Gasteiger partial charge is 0.368 e. The van der Waals surface area contributed by atoms with Gasteiger partial charge in [-0.15, -0.1) is 0 Å². The molecule has 1 aliphatic heterocycles. The lowest BCUT2D eigenvalue weighted by atomic mass is 9.68. The van der Waals surface area contributed by atoms with Crippen molar-refractivity contribution in [2.45, 2.75) is 43.2 Å². The third-order valence-electron chi connectivity index (χ3n) is 6.95. The van der Waals surface area contributed by atoms with E-state index in [9.17, 15) is 0 Å². The molecular weight excluding hydrogens is 334 g/mol. The van der Waals surface area contributed by atoms with Crippen molar-refractivity contribution in [1.82, 2.24) is 14.9 Å². The highest BCUT2D eigenvalue weighted by Gasteiger charge is 2.49. The van der Waals surface area contributed by atoms with E-state index in [-0.39, 0.29) is 11.1 Å². The summed E-state index contributed by atoms with van der Waals surface area (Å²) in [4.78, 5) is 10.5. The highest BCUT2D eigenvalue weighted by atomic mass is 16.5. The fourth-order valence-corrected chi connectivity index (χ4v) is 5.36. The van der Waals surface area contributed by atoms with Crippen molar-refractivity contribution in [2.75, 3.05) is 20.7 Å². The zero-order chi connectivity index (χ0) is 18.5. The monoisotopic (exact) mass is 361 g/mol. The zero-order valence-electron chi connectivity index (χ0n) is 16.2. The van der Waals surface area contributed by atoms with E-state index in [1.807, 2.05) is 12.4 Å². The van der Waals surface area contributed by atoms with Gasteiger partial charge < -0.3 is 9.72 Å². The molecule has 3 aromatic rings. The molecule has 0 atom stereocenters. The Morgan fingerprint density at radius 1 is 1.04 bits per heavy atom. The molecular formula is C23H27N3O. The Kier molecular flexibility index (Phi) is 3.88. The molecule has 2 aromatic heterocycles. The summed E-state index contributed by atoms with van der Waals surface area (Å²) in [5.41, 5.74) is 5.23. The smallest absolute Gasteiger partial charge is 0.108 e. The van der Waals surface area contributed by atoms with Gasteiger partial charge in [-0.2, -0.15) is 0 Å². The number of nitrogens with zero attached hydrogens (tertiary/aromatic N) is 2. The van der Waals surface area contributed by atoms with Crippen molar-refractivity contribution in [3.8, 4) is 0 Å². The fourth-order valence-electron chi connectivity index (χ4n) is 5.36. The van der Waals surface area contributed by atoms with E-state index in [2.05, 4.69) is 65.4 Å². The number of pyridine rings is 1. The lowest BCUT2D eigenvalue weighted by molar-refractivity contribution is -0.113. The van der Waals surface area contributed by atoms with Gasteiger partial charge in [0.15, 0.2) is 0 Å². The number of nitrogens with one attached hydrogen (secondary N) is 1. The first-order valence-corrected chi connectivity index (χ1v) is 9.97. The van der Waals surface area contributed by atoms with Crippen molar-refractivity contribution < 1.29 is 4.74 Å². The van der Waals surface area contributed by atoms with Crippen LogP contribution in [0.4, 0.5) is 0 Å². The van der Waals surface area contributed by atoms with Gasteiger partial charge in [-0.1, -0.05) is 30.3 Å². The Labute approximate surface area is 160 Å². The lowest BCUT2D eigenvalue weighted by Gasteiger charge is -2.50. The van der Waals surface area contributed by atoms with E-state index >= 15 is 0 Å². The maximum absolute atomic E-state index is 6.50. The molecule has 3 heterocycles. The van der Waals surface area contributed by atoms with E-state index in [0.717, 1.165) is 38.7 Å². The van der Waals surface area contributed by atoms with Crippen molar-refractivity contribution in [3.05, 3.63) is 65.6 Å². The van der Waals surface area contributed by atoms with E-state index in [1.165, 1.54) is 27.7 Å². The van der Waals surface area contributed by atoms with E-state index in [0.29, 0.717) is 0 Å². The van der Waals surface area contributed by atoms with Gasteiger partial charge in [0.2, 0.25) is 0 Å². The number of aromatic amines is 1. The minimum Gasteiger partial charge on any atom is -0.368 e. The molecule has 1 fully saturated rings. The number of fused-ring (bicyclic) bond motifs is 4. The molecule has 0 saturated heterocycles. The van der Waals surface area contributed by atoms with Gasteiger partial charge in [-0.25, -0.2) is 0 Å². The van der Waals surface area contributed by atoms with Crippen molar-refractivity contribution in [2.24, 2.45) is 0 Å². The van der Waals surface area contributed by atoms with Crippen LogP contribution in [0.25, 0.3) is 10.9 Å². The minimum atomic E-state index is -0.180. The Balaban J connectivity index is 1.53. The van der Waals surface area contributed by atoms with Crippen LogP contribution >= 0.6 is 0 Å². The molecule has 4 heteroatoms. The number of ether oxygens (including phenoxy) is 1. The molecule has 0 unspecified atom stereocenters. The molecule has 1 N–H and O–H groups in total. The average Bonchev–Trinajstić information content (AvgIpc) is 3.10. The van der Waals surface area contributed by atoms with Crippen LogP contribution in [0.5, 0.6) is 0 Å². The lowest BCUT2D eigenvalue weighted by Crippen LogP contribution is -2.50. The molecule has 2 aliphatic rings. The normalized spacial score (nSPS) is 28.0. The van der Waals surface area contributed by atoms with Crippen molar-refractivity contribution in [1.29, 1.82) is 0 Å². The van der Waals surface area contributed by atoms with Crippen LogP contribution < -0.4 is 0 Å². The second kappa shape index (κ2) is 6.18. The summed E-state index contributed by atoms with van der Waals surface area (Å²) in [5.74, 6) is 0. The Bertz CT molecular complexity index is 952. The molecule has 1 aliphatic carbocycles. The van der Waals surface area contributed by atoms with Gasteiger partial charge in [-0.3, -0.25) is 9.88 Å². The first kappa shape index (κ1) is 17.0. The second-order valence-corrected chi connectivity index (χ2v) is 8.28. The maximum atomic E-state index is 6.50. The van der Waals surface area contributed by atoms with Gasteiger partial charge in [0.1, 0.15) is 5.60 Å². The average molecular weight is 361 g/mol. The quantitative estimate of drug-likeness (QED) is 0.737. The first-order chi connectivity index (χ1) is 13.1. The molecule has 5 rings (SSSR count). The molecule has 1 aromatic carbocycles. The number of hydrogen-bond donors (Lipinski definition) is 1. The summed E-state index contributed by atoms with van der Waals surface area (Å²) in [6, 6.07) is 13.1. The molecule has 0 bridgehead atoms. The summed E-state index contributed by atoms with van der Waals surface area (Å²) >= 11 is 0. The number of rotatable bonds is 2. The highest BCUT2D eigenvalue weighted by molar-refractivity contribution is 5.84. The van der Waals surface area contributed by atoms with Crippen LogP contribution in [0.1, 0.15) is 42.5 Å². The van der Waals surface area contributed by atoms with Gasteiger partial charge in [0.25, 0.3) is 0 Å². The van der Waals surface area contributed by atoms with Crippen LogP contribution in [-0.4, -0.2) is 35.6 Å². The van der Waals surface area contributed by atoms with Crippen LogP contribution in [-0.2, 0) is 22.3 Å². The summed E-state index contributed by atoms with van der Waals surface area (Å²) in [7, 11) is 4.43. The van der Waals surface area contributed by atoms with Crippen molar-refractivity contribution >= 4 is 10.9 Å². The van der Waals surface area contributed by atoms with Crippen LogP contribution in [0.3, 0.4) is 0 Å². The topological polar surface area (TPSA) is 41.1 Å². The Hall–Kier alpha value is -2.17. The van der Waals surface area contributed by atoms with Crippen LogP contribution in [0.2, 0.25) is 0 Å². The van der Waals surface area contributed by atoms with Crippen molar-refractivity contribution in [3.63, 3.8) is 0 Å². The summed E-state index contributed by atoms with van der Waals surface area (Å²) in [5, 5.41) is 1.27. The molecule has 27 heavy (non-hydrogen) atoms. The predicted molar refractivity (Wildman–Crippen MR) is 108 cm³/mol. The van der Waals surface area contributed by atoms with Crippen LogP contribution in [0.15, 0.2) is 48.8 Å². The molecule has 140 valence electrons. The molecule has 4 nitrogen and oxygen atoms in total. The summed E-state index contributed by atoms with van der Waals surface area (Å²) < 4.78 is 6.50. The van der Waals surface area contributed by atoms with Gasteiger partial charge in [-0.05, 0) is 63.4 Å². The van der Waals surface area contributed by atoms with Crippen LogP contribution in [0, 0.1) is 0 Å². The minimum absolute atomic E-state index is 0.0844. The summed E-state index contributed by atoms with van der Waals surface area (Å²) in [6.45, 7) is 0.801. The Morgan fingerprint density at radius 3 is 2.56 bits per heavy atom. The third kappa shape index (κ3) is 2.47. The van der Waals surface area contributed by atoms with E-state index in [1.54, 1.807) is 0 Å². The SMILES string of the molecule is CN(C)C1(c2ccccc2)CCC2(CC1)OCCc1c2[nH]c2ccncc12.